The third-order valence-electron chi connectivity index (χ3n) is 3.54. The first kappa shape index (κ1) is 14.1. The molecule has 3 heteroatoms. The molecule has 0 spiro atoms. The maximum Gasteiger partial charge on any atom is 0.258 e. The van der Waals surface area contributed by atoms with Gasteiger partial charge in [-0.2, -0.15) is 0 Å². The van der Waals surface area contributed by atoms with Crippen LogP contribution in [0.2, 0.25) is 0 Å². The maximum atomic E-state index is 12.8. The molecule has 0 bridgehead atoms. The van der Waals surface area contributed by atoms with Gasteiger partial charge in [-0.05, 0) is 51.6 Å². The fourth-order valence-electron chi connectivity index (χ4n) is 2.43. The molecule has 0 aliphatic heterocycles. The second kappa shape index (κ2) is 5.85. The van der Waals surface area contributed by atoms with Crippen molar-refractivity contribution < 1.29 is 4.79 Å². The van der Waals surface area contributed by atoms with E-state index in [0.717, 1.165) is 25.6 Å². The molecule has 0 atom stereocenters. The highest BCUT2D eigenvalue weighted by atomic mass is 127. The first-order chi connectivity index (χ1) is 10.2. The lowest BCUT2D eigenvalue weighted by atomic mass is 10.0. The van der Waals surface area contributed by atoms with E-state index in [9.17, 15) is 4.79 Å². The molecule has 0 saturated heterocycles. The van der Waals surface area contributed by atoms with Gasteiger partial charge in [0.2, 0.25) is 0 Å². The number of rotatable bonds is 2. The molecule has 0 saturated carbocycles. The van der Waals surface area contributed by atoms with Crippen molar-refractivity contribution in [1.82, 2.24) is 0 Å². The molecule has 0 unspecified atom stereocenters. The first-order valence-corrected chi connectivity index (χ1v) is 7.77. The summed E-state index contributed by atoms with van der Waals surface area (Å²) < 4.78 is 1.06. The predicted octanol–water partition coefficient (Wildman–Crippen LogP) is 4.72. The van der Waals surface area contributed by atoms with E-state index in [2.05, 4.69) is 22.6 Å². The lowest BCUT2D eigenvalue weighted by Gasteiger charge is -2.19. The first-order valence-electron chi connectivity index (χ1n) is 6.69. The summed E-state index contributed by atoms with van der Waals surface area (Å²) in [6.07, 6.45) is 0. The van der Waals surface area contributed by atoms with E-state index in [-0.39, 0.29) is 5.91 Å². The molecule has 2 nitrogen and oxygen atoms in total. The molecule has 0 aliphatic rings. The van der Waals surface area contributed by atoms with Gasteiger partial charge in [-0.15, -0.1) is 0 Å². The number of hydrogen-bond acceptors (Lipinski definition) is 1. The number of carbonyl (C=O) groups is 1. The van der Waals surface area contributed by atoms with Gasteiger partial charge < -0.3 is 4.90 Å². The van der Waals surface area contributed by atoms with Gasteiger partial charge in [0.05, 0.1) is 5.69 Å². The van der Waals surface area contributed by atoms with Crippen molar-refractivity contribution in [2.45, 2.75) is 0 Å². The van der Waals surface area contributed by atoms with Gasteiger partial charge in [-0.25, -0.2) is 0 Å². The molecule has 1 amide bonds. The number of para-hydroxylation sites is 1. The van der Waals surface area contributed by atoms with Gasteiger partial charge >= 0.3 is 0 Å². The lowest BCUT2D eigenvalue weighted by Crippen LogP contribution is -2.27. The number of hydrogen-bond donors (Lipinski definition) is 0. The zero-order valence-electron chi connectivity index (χ0n) is 11.6. The van der Waals surface area contributed by atoms with Gasteiger partial charge in [-0.1, -0.05) is 48.5 Å². The van der Waals surface area contributed by atoms with Crippen LogP contribution in [0.1, 0.15) is 10.4 Å². The average Bonchev–Trinajstić information content (AvgIpc) is 2.53. The van der Waals surface area contributed by atoms with Crippen LogP contribution in [-0.4, -0.2) is 13.0 Å². The van der Waals surface area contributed by atoms with Crippen LogP contribution >= 0.6 is 22.6 Å². The van der Waals surface area contributed by atoms with E-state index in [1.807, 2.05) is 73.8 Å². The van der Waals surface area contributed by atoms with E-state index in [1.54, 1.807) is 4.90 Å². The number of fused-ring (bicyclic) bond motifs is 1. The van der Waals surface area contributed by atoms with Crippen molar-refractivity contribution in [2.24, 2.45) is 0 Å². The second-order valence-corrected chi connectivity index (χ2v) is 6.00. The standard InChI is InChI=1S/C18H14INO/c1-20(17-12-5-4-11-16(17)19)18(21)15-10-6-8-13-7-2-3-9-14(13)15/h2-12H,1H3. The Bertz CT molecular complexity index is 808. The van der Waals surface area contributed by atoms with Crippen LogP contribution in [0.5, 0.6) is 0 Å². The molecule has 0 aromatic heterocycles. The van der Waals surface area contributed by atoms with Crippen LogP contribution in [0.15, 0.2) is 66.7 Å². The summed E-state index contributed by atoms with van der Waals surface area (Å²) in [6, 6.07) is 21.7. The van der Waals surface area contributed by atoms with Crippen LogP contribution in [0.4, 0.5) is 5.69 Å². The lowest BCUT2D eigenvalue weighted by molar-refractivity contribution is 0.0994. The molecule has 3 aromatic carbocycles. The third-order valence-corrected chi connectivity index (χ3v) is 4.45. The fraction of sp³-hybridized carbons (Fsp3) is 0.0556. The summed E-state index contributed by atoms with van der Waals surface area (Å²) >= 11 is 2.25. The van der Waals surface area contributed by atoms with Gasteiger partial charge in [-0.3, -0.25) is 4.79 Å². The molecular formula is C18H14INO. The largest absolute Gasteiger partial charge is 0.310 e. The summed E-state index contributed by atoms with van der Waals surface area (Å²) in [7, 11) is 1.82. The van der Waals surface area contributed by atoms with Crippen LogP contribution < -0.4 is 4.90 Å². The Hall–Kier alpha value is -1.88. The Kier molecular flexibility index (Phi) is 3.92. The molecule has 3 rings (SSSR count). The van der Waals surface area contributed by atoms with E-state index >= 15 is 0 Å². The predicted molar refractivity (Wildman–Crippen MR) is 95.8 cm³/mol. The normalized spacial score (nSPS) is 10.6. The van der Waals surface area contributed by atoms with E-state index < -0.39 is 0 Å². The van der Waals surface area contributed by atoms with Crippen LogP contribution in [0, 0.1) is 3.57 Å². The zero-order valence-corrected chi connectivity index (χ0v) is 13.7. The molecule has 0 radical (unpaired) electrons. The third kappa shape index (κ3) is 2.65. The highest BCUT2D eigenvalue weighted by Gasteiger charge is 2.17. The Morgan fingerprint density at radius 1 is 0.905 bits per heavy atom. The molecule has 21 heavy (non-hydrogen) atoms. The van der Waals surface area contributed by atoms with Crippen molar-refractivity contribution >= 4 is 45.0 Å². The van der Waals surface area contributed by atoms with E-state index in [4.69, 9.17) is 0 Å². The smallest absolute Gasteiger partial charge is 0.258 e. The molecule has 0 aliphatic carbocycles. The minimum absolute atomic E-state index is 0.0101. The zero-order chi connectivity index (χ0) is 14.8. The van der Waals surface area contributed by atoms with Gasteiger partial charge in [0, 0.05) is 16.2 Å². The summed E-state index contributed by atoms with van der Waals surface area (Å²) in [4.78, 5) is 14.5. The maximum absolute atomic E-state index is 12.8. The molecule has 0 fully saturated rings. The number of halogens is 1. The number of carbonyl (C=O) groups excluding carboxylic acids is 1. The SMILES string of the molecule is CN(C(=O)c1cccc2ccccc12)c1ccccc1I. The minimum Gasteiger partial charge on any atom is -0.310 e. The minimum atomic E-state index is 0.0101. The number of nitrogens with zero attached hydrogens (tertiary/aromatic N) is 1. The van der Waals surface area contributed by atoms with E-state index in [0.29, 0.717) is 0 Å². The fourth-order valence-corrected chi connectivity index (χ4v) is 3.17. The Balaban J connectivity index is 2.07. The van der Waals surface area contributed by atoms with E-state index in [1.165, 1.54) is 0 Å². The van der Waals surface area contributed by atoms with Gasteiger partial charge in [0.25, 0.3) is 5.91 Å². The average molecular weight is 387 g/mol. The second-order valence-electron chi connectivity index (χ2n) is 4.84. The van der Waals surface area contributed by atoms with Crippen molar-refractivity contribution in [3.05, 3.63) is 75.9 Å². The summed E-state index contributed by atoms with van der Waals surface area (Å²) in [6.45, 7) is 0. The Morgan fingerprint density at radius 2 is 1.57 bits per heavy atom. The summed E-state index contributed by atoms with van der Waals surface area (Å²) in [5.41, 5.74) is 1.66. The highest BCUT2D eigenvalue weighted by Crippen LogP contribution is 2.25. The van der Waals surface area contributed by atoms with Crippen molar-refractivity contribution in [1.29, 1.82) is 0 Å². The summed E-state index contributed by atoms with van der Waals surface area (Å²) in [5, 5.41) is 2.07. The molecule has 0 heterocycles. The quantitative estimate of drug-likeness (QED) is 0.583. The number of amides is 1. The molecule has 104 valence electrons. The highest BCUT2D eigenvalue weighted by molar-refractivity contribution is 14.1. The van der Waals surface area contributed by atoms with Crippen LogP contribution in [0.3, 0.4) is 0 Å². The number of anilines is 1. The van der Waals surface area contributed by atoms with Crippen LogP contribution in [0.25, 0.3) is 10.8 Å². The topological polar surface area (TPSA) is 20.3 Å². The summed E-state index contributed by atoms with van der Waals surface area (Å²) in [5.74, 6) is 0.0101. The Labute approximate surface area is 137 Å². The number of benzene rings is 3. The molecule has 0 N–H and O–H groups in total. The van der Waals surface area contributed by atoms with Crippen LogP contribution in [-0.2, 0) is 0 Å². The molecule has 3 aromatic rings. The van der Waals surface area contributed by atoms with Crippen molar-refractivity contribution in [3.8, 4) is 0 Å². The van der Waals surface area contributed by atoms with Gasteiger partial charge in [0.15, 0.2) is 0 Å². The van der Waals surface area contributed by atoms with Gasteiger partial charge in [0.1, 0.15) is 0 Å². The molecular weight excluding hydrogens is 373 g/mol. The monoisotopic (exact) mass is 387 g/mol. The van der Waals surface area contributed by atoms with Crippen molar-refractivity contribution in [2.75, 3.05) is 11.9 Å². The van der Waals surface area contributed by atoms with Crippen molar-refractivity contribution in [3.63, 3.8) is 0 Å². The Morgan fingerprint density at radius 3 is 2.38 bits per heavy atom.